The van der Waals surface area contributed by atoms with Crippen molar-refractivity contribution in [3.8, 4) is 0 Å². The first-order valence-electron chi connectivity index (χ1n) is 4.62. The number of aromatic amines is 1. The van der Waals surface area contributed by atoms with E-state index >= 15 is 0 Å². The normalized spacial score (nSPS) is 10.8. The van der Waals surface area contributed by atoms with Crippen molar-refractivity contribution in [1.29, 1.82) is 0 Å². The molecule has 2 N–H and O–H groups in total. The average molecular weight is 208 g/mol. The van der Waals surface area contributed by atoms with E-state index < -0.39 is 0 Å². The number of hydrogen-bond acceptors (Lipinski definition) is 6. The molecule has 7 heteroatoms. The zero-order valence-electron chi connectivity index (χ0n) is 8.61. The van der Waals surface area contributed by atoms with Crippen molar-refractivity contribution in [1.82, 2.24) is 31.1 Å². The molecule has 0 radical (unpaired) electrons. The van der Waals surface area contributed by atoms with E-state index in [0.717, 1.165) is 17.0 Å². The first-order chi connectivity index (χ1) is 7.27. The fourth-order valence-corrected chi connectivity index (χ4v) is 1.31. The molecule has 0 atom stereocenters. The number of nitrogens with one attached hydrogen (secondary N) is 2. The van der Waals surface area contributed by atoms with Crippen molar-refractivity contribution in [3.63, 3.8) is 0 Å². The van der Waals surface area contributed by atoms with Gasteiger partial charge in [0, 0.05) is 12.1 Å². The summed E-state index contributed by atoms with van der Waals surface area (Å²) in [6.45, 7) is 5.07. The fourth-order valence-electron chi connectivity index (χ4n) is 1.31. The van der Waals surface area contributed by atoms with Gasteiger partial charge in [0.1, 0.15) is 5.76 Å². The number of H-pyrrole nitrogens is 1. The van der Waals surface area contributed by atoms with E-state index in [9.17, 15) is 0 Å². The zero-order chi connectivity index (χ0) is 10.7. The van der Waals surface area contributed by atoms with Gasteiger partial charge in [0.15, 0.2) is 5.82 Å². The molecule has 0 bridgehead atoms. The maximum Gasteiger partial charge on any atom is 0.188 e. The number of nitrogens with zero attached hydrogens (tertiary/aromatic N) is 4. The van der Waals surface area contributed by atoms with Crippen LogP contribution in [0.5, 0.6) is 0 Å². The van der Waals surface area contributed by atoms with E-state index in [1.807, 2.05) is 13.8 Å². The molecule has 0 aromatic carbocycles. The first-order valence-corrected chi connectivity index (χ1v) is 4.62. The van der Waals surface area contributed by atoms with Gasteiger partial charge in [0.2, 0.25) is 0 Å². The van der Waals surface area contributed by atoms with Gasteiger partial charge >= 0.3 is 0 Å². The molecule has 0 spiro atoms. The van der Waals surface area contributed by atoms with Gasteiger partial charge in [-0.1, -0.05) is 10.4 Å². The summed E-state index contributed by atoms with van der Waals surface area (Å²) in [5.41, 5.74) is 1.99. The van der Waals surface area contributed by atoms with Crippen LogP contribution in [0.15, 0.2) is 4.52 Å². The zero-order valence-corrected chi connectivity index (χ0v) is 8.61. The van der Waals surface area contributed by atoms with Gasteiger partial charge in [-0.3, -0.25) is 0 Å². The first kappa shape index (κ1) is 9.78. The van der Waals surface area contributed by atoms with Crippen molar-refractivity contribution >= 4 is 0 Å². The Morgan fingerprint density at radius 3 is 2.80 bits per heavy atom. The van der Waals surface area contributed by atoms with Gasteiger partial charge in [-0.25, -0.2) is 0 Å². The van der Waals surface area contributed by atoms with Crippen molar-refractivity contribution in [2.75, 3.05) is 0 Å². The Morgan fingerprint density at radius 1 is 1.33 bits per heavy atom. The molecule has 7 nitrogen and oxygen atoms in total. The molecule has 0 unspecified atom stereocenters. The molecule has 2 aromatic heterocycles. The minimum absolute atomic E-state index is 0.570. The van der Waals surface area contributed by atoms with Gasteiger partial charge < -0.3 is 9.84 Å². The lowest BCUT2D eigenvalue weighted by molar-refractivity contribution is 0.392. The van der Waals surface area contributed by atoms with Gasteiger partial charge in [0.25, 0.3) is 0 Å². The predicted octanol–water partition coefficient (Wildman–Crippen LogP) is 0.0943. The minimum Gasteiger partial charge on any atom is -0.361 e. The largest absolute Gasteiger partial charge is 0.361 e. The third-order valence-electron chi connectivity index (χ3n) is 2.16. The molecule has 0 saturated carbocycles. The number of rotatable bonds is 4. The van der Waals surface area contributed by atoms with E-state index in [4.69, 9.17) is 4.52 Å². The van der Waals surface area contributed by atoms with Gasteiger partial charge in [-0.05, 0) is 13.8 Å². The lowest BCUT2D eigenvalue weighted by atomic mass is 10.2. The molecule has 2 heterocycles. The van der Waals surface area contributed by atoms with Crippen LogP contribution in [-0.2, 0) is 13.1 Å². The SMILES string of the molecule is Cc1noc(C)c1CNCc1nn[nH]n1. The Hall–Kier alpha value is -1.76. The monoisotopic (exact) mass is 208 g/mol. The van der Waals surface area contributed by atoms with Crippen LogP contribution in [0.4, 0.5) is 0 Å². The smallest absolute Gasteiger partial charge is 0.188 e. The molecule has 15 heavy (non-hydrogen) atoms. The van der Waals surface area contributed by atoms with E-state index in [2.05, 4.69) is 31.1 Å². The van der Waals surface area contributed by atoms with Crippen molar-refractivity contribution in [2.45, 2.75) is 26.9 Å². The molecule has 80 valence electrons. The Balaban J connectivity index is 1.89. The maximum absolute atomic E-state index is 5.04. The van der Waals surface area contributed by atoms with Crippen LogP contribution in [-0.4, -0.2) is 25.8 Å². The predicted molar refractivity (Wildman–Crippen MR) is 50.7 cm³/mol. The highest BCUT2D eigenvalue weighted by Gasteiger charge is 2.08. The van der Waals surface area contributed by atoms with Crippen LogP contribution in [0.3, 0.4) is 0 Å². The van der Waals surface area contributed by atoms with Crippen LogP contribution in [0.2, 0.25) is 0 Å². The van der Waals surface area contributed by atoms with E-state index in [0.29, 0.717) is 18.9 Å². The number of aromatic nitrogens is 5. The van der Waals surface area contributed by atoms with E-state index in [1.165, 1.54) is 0 Å². The Bertz CT molecular complexity index is 401. The average Bonchev–Trinajstić information content (AvgIpc) is 2.82. The summed E-state index contributed by atoms with van der Waals surface area (Å²) < 4.78 is 5.04. The lowest BCUT2D eigenvalue weighted by Crippen LogP contribution is -2.14. The highest BCUT2D eigenvalue weighted by atomic mass is 16.5. The summed E-state index contributed by atoms with van der Waals surface area (Å²) in [5, 5.41) is 20.6. The molecule has 2 rings (SSSR count). The summed E-state index contributed by atoms with van der Waals surface area (Å²) in [6.07, 6.45) is 0. The van der Waals surface area contributed by atoms with Crippen LogP contribution < -0.4 is 5.32 Å². The van der Waals surface area contributed by atoms with Gasteiger partial charge in [-0.2, -0.15) is 5.21 Å². The third kappa shape index (κ3) is 2.18. The second kappa shape index (κ2) is 4.18. The van der Waals surface area contributed by atoms with Crippen LogP contribution in [0, 0.1) is 13.8 Å². The van der Waals surface area contributed by atoms with Crippen LogP contribution >= 0.6 is 0 Å². The van der Waals surface area contributed by atoms with E-state index in [1.54, 1.807) is 0 Å². The topological polar surface area (TPSA) is 92.5 Å². The van der Waals surface area contributed by atoms with Crippen LogP contribution in [0.25, 0.3) is 0 Å². The van der Waals surface area contributed by atoms with Gasteiger partial charge in [0.05, 0.1) is 12.2 Å². The number of hydrogen-bond donors (Lipinski definition) is 2. The second-order valence-corrected chi connectivity index (χ2v) is 3.23. The number of tetrazole rings is 1. The van der Waals surface area contributed by atoms with Crippen molar-refractivity contribution < 1.29 is 4.52 Å². The molecular formula is C8H12N6O. The Kier molecular flexibility index (Phi) is 2.72. The summed E-state index contributed by atoms with van der Waals surface area (Å²) in [7, 11) is 0. The Morgan fingerprint density at radius 2 is 2.20 bits per heavy atom. The summed E-state index contributed by atoms with van der Waals surface area (Å²) in [6, 6.07) is 0. The lowest BCUT2D eigenvalue weighted by Gasteiger charge is -2.00. The molecular weight excluding hydrogens is 196 g/mol. The van der Waals surface area contributed by atoms with Crippen LogP contribution in [0.1, 0.15) is 22.8 Å². The summed E-state index contributed by atoms with van der Waals surface area (Å²) >= 11 is 0. The van der Waals surface area contributed by atoms with Crippen molar-refractivity contribution in [3.05, 3.63) is 22.8 Å². The highest BCUT2D eigenvalue weighted by Crippen LogP contribution is 2.11. The highest BCUT2D eigenvalue weighted by molar-refractivity contribution is 5.20. The quantitative estimate of drug-likeness (QED) is 0.740. The molecule has 0 fully saturated rings. The molecule has 2 aromatic rings. The van der Waals surface area contributed by atoms with E-state index in [-0.39, 0.29) is 0 Å². The summed E-state index contributed by atoms with van der Waals surface area (Å²) in [4.78, 5) is 0. The fraction of sp³-hybridized carbons (Fsp3) is 0.500. The number of aryl methyl sites for hydroxylation is 2. The maximum atomic E-state index is 5.04. The molecule has 0 saturated heterocycles. The standard InChI is InChI=1S/C8H12N6O/c1-5-7(6(2)15-12-5)3-9-4-8-10-13-14-11-8/h9H,3-4H2,1-2H3,(H,10,11,13,14). The van der Waals surface area contributed by atoms with Gasteiger partial charge in [-0.15, -0.1) is 10.2 Å². The molecule has 0 amide bonds. The second-order valence-electron chi connectivity index (χ2n) is 3.23. The Labute approximate surface area is 86.2 Å². The van der Waals surface area contributed by atoms with Crippen molar-refractivity contribution in [2.24, 2.45) is 0 Å². The third-order valence-corrected chi connectivity index (χ3v) is 2.16. The molecule has 0 aliphatic heterocycles. The molecule has 0 aliphatic carbocycles. The minimum atomic E-state index is 0.570. The summed E-state index contributed by atoms with van der Waals surface area (Å²) in [5.74, 6) is 1.48. The molecule has 0 aliphatic rings.